The topological polar surface area (TPSA) is 82.6 Å². The number of carbonyl (C=O) groups is 1. The minimum Gasteiger partial charge on any atom is -0.394 e. The second kappa shape index (κ2) is 7.62. The summed E-state index contributed by atoms with van der Waals surface area (Å²) in [5.41, 5.74) is 0.0659. The van der Waals surface area contributed by atoms with Crippen LogP contribution in [0.2, 0.25) is 0 Å². The van der Waals surface area contributed by atoms with Gasteiger partial charge in [0.1, 0.15) is 0 Å². The number of H-pyrrole nitrogens is 1. The maximum Gasteiger partial charge on any atom is 0.254 e. The van der Waals surface area contributed by atoms with E-state index in [1.807, 2.05) is 6.92 Å². The molecule has 0 radical (unpaired) electrons. The summed E-state index contributed by atoms with van der Waals surface area (Å²) in [6, 6.07) is 2.85. The molecule has 6 heteroatoms. The van der Waals surface area contributed by atoms with E-state index < -0.39 is 0 Å². The van der Waals surface area contributed by atoms with E-state index in [1.54, 1.807) is 11.0 Å². The fourth-order valence-electron chi connectivity index (χ4n) is 1.50. The van der Waals surface area contributed by atoms with E-state index in [1.165, 1.54) is 12.3 Å². The summed E-state index contributed by atoms with van der Waals surface area (Å²) in [7, 11) is 0. The van der Waals surface area contributed by atoms with Gasteiger partial charge in [-0.2, -0.15) is 0 Å². The zero-order valence-corrected chi connectivity index (χ0v) is 10.4. The molecular formula is C12H18N2O4. The lowest BCUT2D eigenvalue weighted by Crippen LogP contribution is -2.34. The normalized spacial score (nSPS) is 10.3. The molecule has 0 spiro atoms. The van der Waals surface area contributed by atoms with Crippen molar-refractivity contribution in [1.82, 2.24) is 9.88 Å². The number of amides is 1. The van der Waals surface area contributed by atoms with Crippen LogP contribution in [0.4, 0.5) is 0 Å². The van der Waals surface area contributed by atoms with Gasteiger partial charge in [-0.05, 0) is 13.0 Å². The average molecular weight is 254 g/mol. The van der Waals surface area contributed by atoms with Crippen LogP contribution in [0.3, 0.4) is 0 Å². The highest BCUT2D eigenvalue weighted by atomic mass is 16.5. The molecule has 0 saturated heterocycles. The third-order valence-electron chi connectivity index (χ3n) is 2.43. The number of aromatic amines is 1. The molecule has 1 heterocycles. The largest absolute Gasteiger partial charge is 0.394 e. The van der Waals surface area contributed by atoms with Gasteiger partial charge >= 0.3 is 0 Å². The van der Waals surface area contributed by atoms with Gasteiger partial charge in [0.2, 0.25) is 5.56 Å². The predicted octanol–water partition coefficient (Wildman–Crippen LogP) is -0.154. The van der Waals surface area contributed by atoms with Crippen molar-refractivity contribution in [3.63, 3.8) is 0 Å². The third-order valence-corrected chi connectivity index (χ3v) is 2.43. The third kappa shape index (κ3) is 4.31. The Morgan fingerprint density at radius 1 is 1.50 bits per heavy atom. The Morgan fingerprint density at radius 3 is 2.89 bits per heavy atom. The maximum atomic E-state index is 12.1. The zero-order valence-electron chi connectivity index (χ0n) is 10.4. The number of aliphatic hydroxyl groups excluding tert-OH is 1. The van der Waals surface area contributed by atoms with Crippen LogP contribution in [0.15, 0.2) is 23.1 Å². The van der Waals surface area contributed by atoms with E-state index in [4.69, 9.17) is 9.84 Å². The van der Waals surface area contributed by atoms with Gasteiger partial charge in [-0.1, -0.05) is 0 Å². The summed E-state index contributed by atoms with van der Waals surface area (Å²) in [5, 5.41) is 8.56. The summed E-state index contributed by atoms with van der Waals surface area (Å²) < 4.78 is 5.11. The van der Waals surface area contributed by atoms with Crippen molar-refractivity contribution >= 4 is 5.91 Å². The number of rotatable bonds is 7. The molecule has 0 aliphatic heterocycles. The van der Waals surface area contributed by atoms with Crippen LogP contribution in [-0.2, 0) is 4.74 Å². The molecule has 0 aliphatic rings. The van der Waals surface area contributed by atoms with Gasteiger partial charge in [-0.15, -0.1) is 0 Å². The van der Waals surface area contributed by atoms with Crippen LogP contribution >= 0.6 is 0 Å². The van der Waals surface area contributed by atoms with E-state index in [0.29, 0.717) is 25.3 Å². The summed E-state index contributed by atoms with van der Waals surface area (Å²) in [4.78, 5) is 27.2. The molecule has 100 valence electrons. The zero-order chi connectivity index (χ0) is 13.4. The fourth-order valence-corrected chi connectivity index (χ4v) is 1.50. The lowest BCUT2D eigenvalue weighted by molar-refractivity contribution is 0.0579. The molecule has 0 bridgehead atoms. The second-order valence-corrected chi connectivity index (χ2v) is 3.66. The molecule has 0 aliphatic carbocycles. The molecule has 18 heavy (non-hydrogen) atoms. The van der Waals surface area contributed by atoms with Gasteiger partial charge in [0.25, 0.3) is 5.91 Å². The number of hydrogen-bond acceptors (Lipinski definition) is 4. The molecule has 0 fully saturated rings. The first-order chi connectivity index (χ1) is 8.69. The van der Waals surface area contributed by atoms with Crippen LogP contribution in [0.1, 0.15) is 17.3 Å². The molecule has 0 aromatic carbocycles. The number of nitrogens with zero attached hydrogens (tertiary/aromatic N) is 1. The van der Waals surface area contributed by atoms with Gasteiger partial charge in [-0.25, -0.2) is 0 Å². The smallest absolute Gasteiger partial charge is 0.254 e. The monoisotopic (exact) mass is 254 g/mol. The molecule has 1 rings (SSSR count). The molecule has 2 N–H and O–H groups in total. The number of nitrogens with one attached hydrogen (secondary N) is 1. The molecule has 6 nitrogen and oxygen atoms in total. The highest BCUT2D eigenvalue weighted by Crippen LogP contribution is 2.01. The van der Waals surface area contributed by atoms with Gasteiger partial charge in [0.05, 0.1) is 19.8 Å². The molecule has 1 aromatic rings. The number of aliphatic hydroxyl groups is 1. The summed E-state index contributed by atoms with van der Waals surface area (Å²) >= 11 is 0. The van der Waals surface area contributed by atoms with Crippen LogP contribution in [0, 0.1) is 0 Å². The van der Waals surface area contributed by atoms with Crippen LogP contribution in [-0.4, -0.2) is 53.8 Å². The molecule has 0 atom stereocenters. The van der Waals surface area contributed by atoms with E-state index in [9.17, 15) is 9.59 Å². The van der Waals surface area contributed by atoms with Gasteiger partial charge in [0.15, 0.2) is 0 Å². The van der Waals surface area contributed by atoms with Gasteiger partial charge in [-0.3, -0.25) is 9.59 Å². The first-order valence-corrected chi connectivity index (χ1v) is 5.85. The number of carbonyl (C=O) groups excluding carboxylic acids is 1. The Kier molecular flexibility index (Phi) is 6.10. The Morgan fingerprint density at radius 2 is 2.28 bits per heavy atom. The Balaban J connectivity index is 2.59. The van der Waals surface area contributed by atoms with Crippen molar-refractivity contribution in [1.29, 1.82) is 0 Å². The number of hydrogen-bond donors (Lipinski definition) is 2. The molecule has 0 unspecified atom stereocenters. The van der Waals surface area contributed by atoms with Crippen molar-refractivity contribution in [2.75, 3.05) is 32.9 Å². The molecule has 0 saturated carbocycles. The lowest BCUT2D eigenvalue weighted by Gasteiger charge is -2.20. The predicted molar refractivity (Wildman–Crippen MR) is 66.5 cm³/mol. The average Bonchev–Trinajstić information content (AvgIpc) is 2.38. The fraction of sp³-hybridized carbons (Fsp3) is 0.500. The van der Waals surface area contributed by atoms with Crippen molar-refractivity contribution in [2.45, 2.75) is 6.92 Å². The van der Waals surface area contributed by atoms with Crippen molar-refractivity contribution < 1.29 is 14.6 Å². The van der Waals surface area contributed by atoms with E-state index in [-0.39, 0.29) is 24.7 Å². The lowest BCUT2D eigenvalue weighted by atomic mass is 10.2. The minimum atomic E-state index is -0.298. The van der Waals surface area contributed by atoms with Crippen molar-refractivity contribution in [2.24, 2.45) is 0 Å². The van der Waals surface area contributed by atoms with Gasteiger partial charge in [0, 0.05) is 30.9 Å². The van der Waals surface area contributed by atoms with E-state index >= 15 is 0 Å². The number of aromatic nitrogens is 1. The van der Waals surface area contributed by atoms with E-state index in [0.717, 1.165) is 0 Å². The summed E-state index contributed by atoms with van der Waals surface area (Å²) in [6.07, 6.45) is 1.45. The first-order valence-electron chi connectivity index (χ1n) is 5.85. The minimum absolute atomic E-state index is 0.0336. The van der Waals surface area contributed by atoms with Crippen molar-refractivity contribution in [3.05, 3.63) is 34.2 Å². The Hall–Kier alpha value is -1.66. The highest BCUT2D eigenvalue weighted by molar-refractivity contribution is 5.94. The van der Waals surface area contributed by atoms with Crippen molar-refractivity contribution in [3.8, 4) is 0 Å². The second-order valence-electron chi connectivity index (χ2n) is 3.66. The molecule has 1 aromatic heterocycles. The summed E-state index contributed by atoms with van der Waals surface area (Å²) in [5.74, 6) is -0.198. The summed E-state index contributed by atoms with van der Waals surface area (Å²) in [6.45, 7) is 3.42. The Labute approximate surface area is 105 Å². The highest BCUT2D eigenvalue weighted by Gasteiger charge is 2.13. The molecular weight excluding hydrogens is 236 g/mol. The van der Waals surface area contributed by atoms with Gasteiger partial charge < -0.3 is 19.7 Å². The van der Waals surface area contributed by atoms with E-state index in [2.05, 4.69) is 4.98 Å². The number of pyridine rings is 1. The Bertz CT molecular complexity index is 430. The van der Waals surface area contributed by atoms with Crippen LogP contribution in [0.25, 0.3) is 0 Å². The van der Waals surface area contributed by atoms with Crippen LogP contribution < -0.4 is 5.56 Å². The van der Waals surface area contributed by atoms with Crippen LogP contribution in [0.5, 0.6) is 0 Å². The molecule has 1 amide bonds. The number of likely N-dealkylation sites (N-methyl/N-ethyl adjacent to an activating group) is 1. The number of ether oxygens (including phenoxy) is 1. The first kappa shape index (κ1) is 14.4. The maximum absolute atomic E-state index is 12.1. The SMILES string of the molecule is CCN(CCOCCO)C(=O)c1cc[nH]c(=O)c1. The quantitative estimate of drug-likeness (QED) is 0.663. The standard InChI is InChI=1S/C12H18N2O4/c1-2-14(5-7-18-8-6-15)12(17)10-3-4-13-11(16)9-10/h3-4,9,15H,2,5-8H2,1H3,(H,13,16).